The molecule has 0 atom stereocenters. The summed E-state index contributed by atoms with van der Waals surface area (Å²) in [7, 11) is -5.17. The zero-order valence-electron chi connectivity index (χ0n) is 6.61. The van der Waals surface area contributed by atoms with E-state index in [1.54, 1.807) is 0 Å². The first-order chi connectivity index (χ1) is 4.64. The molecule has 0 radical (unpaired) electrons. The van der Waals surface area contributed by atoms with E-state index in [1.807, 2.05) is 0 Å². The van der Waals surface area contributed by atoms with Gasteiger partial charge in [0.25, 0.3) is 0 Å². The van der Waals surface area contributed by atoms with Crippen molar-refractivity contribution in [3.05, 3.63) is 0 Å². The van der Waals surface area contributed by atoms with Crippen molar-refractivity contribution in [1.82, 2.24) is 0 Å². The molecule has 0 spiro atoms. The molecule has 0 unspecified atom stereocenters. The second-order valence-electron chi connectivity index (χ2n) is 0.956. The second kappa shape index (κ2) is 10.3. The zero-order chi connectivity index (χ0) is 9.65. The third-order valence-electron chi connectivity index (χ3n) is 0.155. The van der Waals surface area contributed by atoms with Crippen LogP contribution in [-0.2, 0) is 20.0 Å². The minimum Gasteiger partial charge on any atom is -0.759 e. The molecule has 0 amide bonds. The number of halogens is 2. The van der Waals surface area contributed by atoms with Gasteiger partial charge in [-0.05, 0) is 0 Å². The fraction of sp³-hybridized carbons (Fsp3) is 0. The number of hydrogen-bond donors (Lipinski definition) is 0. The summed E-state index contributed by atoms with van der Waals surface area (Å²) in [4.78, 5) is 17.5. The van der Waals surface area contributed by atoms with Crippen LogP contribution in [0.25, 0.3) is 0 Å². The van der Waals surface area contributed by atoms with Crippen molar-refractivity contribution in [2.75, 3.05) is 0 Å². The molecule has 0 heterocycles. The third kappa shape index (κ3) is 71.0. The fourth-order valence-corrected chi connectivity index (χ4v) is 0. The van der Waals surface area contributed by atoms with Crippen molar-refractivity contribution in [3.8, 4) is 0 Å². The first-order valence-electron chi connectivity index (χ1n) is 1.70. The Labute approximate surface area is 96.0 Å². The Morgan fingerprint density at radius 2 is 1.00 bits per heavy atom. The fourth-order valence-electron chi connectivity index (χ4n) is 0. The summed E-state index contributed by atoms with van der Waals surface area (Å²) in [6, 6.07) is -5.09. The summed E-state index contributed by atoms with van der Waals surface area (Å²) in [6.07, 6.45) is 0. The topological polar surface area (TPSA) is 114 Å². The molecule has 0 aromatic carbocycles. The molecular formula is C2F2Li2O6S. The monoisotopic (exact) mass is 204 g/mol. The van der Waals surface area contributed by atoms with Gasteiger partial charge in [-0.25, -0.2) is 9.59 Å². The van der Waals surface area contributed by atoms with E-state index in [-0.39, 0.29) is 37.7 Å². The van der Waals surface area contributed by atoms with Crippen LogP contribution in [0.15, 0.2) is 0 Å². The molecule has 13 heavy (non-hydrogen) atoms. The Hall–Kier alpha value is 0.265. The van der Waals surface area contributed by atoms with E-state index in [4.69, 9.17) is 27.1 Å². The Balaban J connectivity index is -0.0000000546. The smallest absolute Gasteiger partial charge is 0.759 e. The maximum atomic E-state index is 10.5. The molecular weight excluding hydrogens is 204 g/mol. The normalized spacial score (nSPS) is 8.00. The molecule has 0 aliphatic rings. The predicted octanol–water partition coefficient (Wildman–Crippen LogP) is -7.35. The van der Waals surface area contributed by atoms with Crippen LogP contribution in [0.1, 0.15) is 0 Å². The molecule has 0 aromatic heterocycles. The summed E-state index contributed by atoms with van der Waals surface area (Å²) < 4.78 is 55.0. The van der Waals surface area contributed by atoms with Crippen LogP contribution in [-0.4, -0.2) is 29.6 Å². The van der Waals surface area contributed by atoms with Gasteiger partial charge in [-0.2, -0.15) is 8.78 Å². The predicted molar refractivity (Wildman–Crippen MR) is 22.7 cm³/mol. The van der Waals surface area contributed by atoms with Gasteiger partial charge in [0.05, 0.1) is 0 Å². The molecule has 11 heteroatoms. The van der Waals surface area contributed by atoms with Crippen molar-refractivity contribution in [2.24, 2.45) is 0 Å². The van der Waals surface area contributed by atoms with E-state index in [9.17, 15) is 8.78 Å². The zero-order valence-corrected chi connectivity index (χ0v) is 7.43. The van der Waals surface area contributed by atoms with E-state index in [1.165, 1.54) is 0 Å². The van der Waals surface area contributed by atoms with E-state index < -0.39 is 22.5 Å². The summed E-state index contributed by atoms with van der Waals surface area (Å²) in [6.45, 7) is 0. The van der Waals surface area contributed by atoms with Crippen molar-refractivity contribution >= 4 is 22.5 Å². The van der Waals surface area contributed by atoms with Gasteiger partial charge in [-0.1, -0.05) is 0 Å². The Morgan fingerprint density at radius 1 is 0.923 bits per heavy atom. The molecule has 0 saturated heterocycles. The number of carbonyl (C=O) groups is 2. The van der Waals surface area contributed by atoms with Crippen molar-refractivity contribution in [1.29, 1.82) is 0 Å². The van der Waals surface area contributed by atoms with Crippen LogP contribution in [0.5, 0.6) is 0 Å². The summed E-state index contributed by atoms with van der Waals surface area (Å²) in [5.41, 5.74) is 0. The van der Waals surface area contributed by atoms with Gasteiger partial charge in [-0.3, -0.25) is 8.42 Å². The largest absolute Gasteiger partial charge is 1.00 e. The van der Waals surface area contributed by atoms with Crippen molar-refractivity contribution in [2.45, 2.75) is 0 Å². The summed E-state index contributed by atoms with van der Waals surface area (Å²) >= 11 is 0. The third-order valence-corrected chi connectivity index (χ3v) is 0.155. The molecule has 0 aromatic rings. The standard InChI is InChI=1S/C2F2O2.2Li.H2O4S/c3-1(5)2(4)6;;;1-5(2,3)4/h;;;(H2,1,2,3,4)/q;2*+1;/p-2. The minimum atomic E-state index is -5.17. The van der Waals surface area contributed by atoms with Gasteiger partial charge in [-0.15, -0.1) is 0 Å². The van der Waals surface area contributed by atoms with Gasteiger partial charge < -0.3 is 9.11 Å². The van der Waals surface area contributed by atoms with Gasteiger partial charge in [0.2, 0.25) is 0 Å². The average molecular weight is 204 g/mol. The minimum absolute atomic E-state index is 0. The molecule has 0 N–H and O–H groups in total. The SMILES string of the molecule is O=C(F)C(=O)F.O=S(=O)([O-])[O-].[Li+].[Li+]. The average Bonchev–Trinajstić information content (AvgIpc) is 1.59. The van der Waals surface area contributed by atoms with Crippen molar-refractivity contribution < 1.29 is 73.6 Å². The van der Waals surface area contributed by atoms with Gasteiger partial charge in [0.15, 0.2) is 0 Å². The summed E-state index contributed by atoms with van der Waals surface area (Å²) in [5, 5.41) is 0. The van der Waals surface area contributed by atoms with Crippen molar-refractivity contribution in [3.63, 3.8) is 0 Å². The molecule has 0 bridgehead atoms. The Morgan fingerprint density at radius 3 is 1.00 bits per heavy atom. The van der Waals surface area contributed by atoms with E-state index >= 15 is 0 Å². The number of rotatable bonds is 1. The van der Waals surface area contributed by atoms with Crippen LogP contribution in [0.3, 0.4) is 0 Å². The number of carbonyl (C=O) groups excluding carboxylic acids is 2. The first-order valence-corrected chi connectivity index (χ1v) is 3.04. The van der Waals surface area contributed by atoms with Gasteiger partial charge in [0.1, 0.15) is 0 Å². The van der Waals surface area contributed by atoms with E-state index in [0.717, 1.165) is 0 Å². The first kappa shape index (κ1) is 23.2. The van der Waals surface area contributed by atoms with Gasteiger partial charge >= 0.3 is 49.8 Å². The Kier molecular flexibility index (Phi) is 18.5. The Bertz CT molecular complexity index is 229. The van der Waals surface area contributed by atoms with Crippen LogP contribution in [0, 0.1) is 0 Å². The van der Waals surface area contributed by atoms with Crippen LogP contribution in [0.2, 0.25) is 0 Å². The molecule has 0 aliphatic heterocycles. The molecule has 0 rings (SSSR count). The second-order valence-corrected chi connectivity index (χ2v) is 1.77. The van der Waals surface area contributed by atoms with E-state index in [0.29, 0.717) is 0 Å². The molecule has 0 fully saturated rings. The molecule has 6 nitrogen and oxygen atoms in total. The van der Waals surface area contributed by atoms with Crippen LogP contribution < -0.4 is 37.7 Å². The molecule has 66 valence electrons. The van der Waals surface area contributed by atoms with E-state index in [2.05, 4.69) is 0 Å². The van der Waals surface area contributed by atoms with Crippen LogP contribution in [0.4, 0.5) is 8.78 Å². The van der Waals surface area contributed by atoms with Crippen LogP contribution >= 0.6 is 0 Å². The molecule has 0 saturated carbocycles. The quantitative estimate of drug-likeness (QED) is 0.138. The molecule has 0 aliphatic carbocycles. The number of hydrogen-bond acceptors (Lipinski definition) is 6. The summed E-state index contributed by atoms with van der Waals surface area (Å²) in [5.74, 6) is 0. The van der Waals surface area contributed by atoms with Gasteiger partial charge in [0, 0.05) is 10.4 Å². The maximum Gasteiger partial charge on any atom is 1.00 e. The maximum absolute atomic E-state index is 10.5.